The van der Waals surface area contributed by atoms with Crippen molar-refractivity contribution < 1.29 is 28.2 Å². The van der Waals surface area contributed by atoms with Gasteiger partial charge in [0.1, 0.15) is 18.2 Å². The molecule has 116 valence electrons. The lowest BCUT2D eigenvalue weighted by molar-refractivity contribution is -0.145. The Morgan fingerprint density at radius 2 is 1.57 bits per heavy atom. The second kappa shape index (κ2) is 8.91. The van der Waals surface area contributed by atoms with Crippen molar-refractivity contribution in [1.29, 1.82) is 0 Å². The van der Waals surface area contributed by atoms with E-state index in [9.17, 15) is 14.0 Å². The minimum absolute atomic E-state index is 0.0433. The lowest BCUT2D eigenvalue weighted by Crippen LogP contribution is -2.38. The number of carbonyl (C=O) groups is 2. The summed E-state index contributed by atoms with van der Waals surface area (Å²) in [4.78, 5) is 24.1. The molecule has 1 aromatic rings. The summed E-state index contributed by atoms with van der Waals surface area (Å²) in [5, 5.41) is 0. The van der Waals surface area contributed by atoms with E-state index in [1.54, 1.807) is 4.90 Å². The average Bonchev–Trinajstić information content (AvgIpc) is 2.48. The van der Waals surface area contributed by atoms with Gasteiger partial charge in [0, 0.05) is 6.54 Å². The zero-order valence-electron chi connectivity index (χ0n) is 12.0. The highest BCUT2D eigenvalue weighted by Gasteiger charge is 2.15. The van der Waals surface area contributed by atoms with Crippen LogP contribution in [0.4, 0.5) is 4.39 Å². The summed E-state index contributed by atoms with van der Waals surface area (Å²) in [6.45, 7) is 0.470. The van der Waals surface area contributed by atoms with E-state index in [0.717, 1.165) is 0 Å². The number of nitrogens with zero attached hydrogens (tertiary/aromatic N) is 1. The van der Waals surface area contributed by atoms with Crippen LogP contribution in [0.5, 0.6) is 5.75 Å². The fourth-order valence-corrected chi connectivity index (χ4v) is 1.53. The van der Waals surface area contributed by atoms with Crippen molar-refractivity contribution in [2.75, 3.05) is 40.5 Å². The topological polar surface area (TPSA) is 65.1 Å². The molecule has 0 aromatic heterocycles. The second-order valence-electron chi connectivity index (χ2n) is 4.17. The molecular weight excluding hydrogens is 281 g/mol. The minimum Gasteiger partial charge on any atom is -0.492 e. The van der Waals surface area contributed by atoms with Gasteiger partial charge in [0.15, 0.2) is 0 Å². The van der Waals surface area contributed by atoms with E-state index in [1.165, 1.54) is 38.5 Å². The van der Waals surface area contributed by atoms with Gasteiger partial charge in [-0.15, -0.1) is 0 Å². The number of hydrogen-bond acceptors (Lipinski definition) is 6. The summed E-state index contributed by atoms with van der Waals surface area (Å²) in [6.07, 6.45) is 0. The first-order chi connectivity index (χ1) is 10.0. The van der Waals surface area contributed by atoms with E-state index < -0.39 is 11.9 Å². The molecule has 0 atom stereocenters. The molecule has 0 spiro atoms. The highest BCUT2D eigenvalue weighted by Crippen LogP contribution is 2.10. The smallest absolute Gasteiger partial charge is 0.319 e. The van der Waals surface area contributed by atoms with Crippen LogP contribution in [0.2, 0.25) is 0 Å². The number of benzene rings is 1. The van der Waals surface area contributed by atoms with Crippen LogP contribution in [0.25, 0.3) is 0 Å². The molecule has 0 aliphatic heterocycles. The van der Waals surface area contributed by atoms with Gasteiger partial charge in [-0.05, 0) is 24.3 Å². The van der Waals surface area contributed by atoms with Crippen LogP contribution in [0, 0.1) is 5.82 Å². The predicted molar refractivity (Wildman–Crippen MR) is 72.4 cm³/mol. The molecule has 1 rings (SSSR count). The molecule has 7 heteroatoms. The van der Waals surface area contributed by atoms with Crippen molar-refractivity contribution in [2.45, 2.75) is 0 Å². The summed E-state index contributed by atoms with van der Waals surface area (Å²) in [6, 6.07) is 5.58. The molecule has 0 unspecified atom stereocenters. The van der Waals surface area contributed by atoms with Gasteiger partial charge in [-0.25, -0.2) is 4.39 Å². The van der Waals surface area contributed by atoms with Crippen LogP contribution in [0.15, 0.2) is 24.3 Å². The summed E-state index contributed by atoms with van der Waals surface area (Å²) >= 11 is 0. The third kappa shape index (κ3) is 6.71. The van der Waals surface area contributed by atoms with Crippen molar-refractivity contribution in [3.8, 4) is 5.75 Å². The molecule has 21 heavy (non-hydrogen) atoms. The van der Waals surface area contributed by atoms with E-state index in [2.05, 4.69) is 9.47 Å². The number of halogens is 1. The molecule has 0 aliphatic rings. The molecule has 6 nitrogen and oxygen atoms in total. The summed E-state index contributed by atoms with van der Waals surface area (Å²) in [7, 11) is 2.54. The van der Waals surface area contributed by atoms with Crippen molar-refractivity contribution >= 4 is 11.9 Å². The number of methoxy groups -OCH3 is 2. The van der Waals surface area contributed by atoms with Crippen molar-refractivity contribution in [2.24, 2.45) is 0 Å². The van der Waals surface area contributed by atoms with Crippen LogP contribution in [0.3, 0.4) is 0 Å². The van der Waals surface area contributed by atoms with Gasteiger partial charge in [0.05, 0.1) is 27.3 Å². The van der Waals surface area contributed by atoms with E-state index in [1.807, 2.05) is 0 Å². The first-order valence-corrected chi connectivity index (χ1v) is 6.29. The molecule has 0 fully saturated rings. The van der Waals surface area contributed by atoms with Crippen molar-refractivity contribution in [3.05, 3.63) is 30.1 Å². The maximum Gasteiger partial charge on any atom is 0.319 e. The fourth-order valence-electron chi connectivity index (χ4n) is 1.53. The van der Waals surface area contributed by atoms with Crippen LogP contribution in [-0.4, -0.2) is 57.3 Å². The Morgan fingerprint density at radius 3 is 2.05 bits per heavy atom. The maximum absolute atomic E-state index is 12.7. The summed E-state index contributed by atoms with van der Waals surface area (Å²) < 4.78 is 27.3. The lowest BCUT2D eigenvalue weighted by Gasteiger charge is -2.19. The zero-order valence-corrected chi connectivity index (χ0v) is 12.0. The fraction of sp³-hybridized carbons (Fsp3) is 0.429. The maximum atomic E-state index is 12.7. The third-order valence-electron chi connectivity index (χ3n) is 2.65. The van der Waals surface area contributed by atoms with Gasteiger partial charge < -0.3 is 14.2 Å². The Kier molecular flexibility index (Phi) is 7.17. The SMILES string of the molecule is COC(=O)CN(CCOc1ccc(F)cc1)CC(=O)OC. The van der Waals surface area contributed by atoms with Gasteiger partial charge in [0.2, 0.25) is 0 Å². The van der Waals surface area contributed by atoms with Gasteiger partial charge in [-0.3, -0.25) is 14.5 Å². The number of carbonyl (C=O) groups excluding carboxylic acids is 2. The molecule has 0 heterocycles. The monoisotopic (exact) mass is 299 g/mol. The van der Waals surface area contributed by atoms with Crippen molar-refractivity contribution in [3.63, 3.8) is 0 Å². The first kappa shape index (κ1) is 16.9. The second-order valence-corrected chi connectivity index (χ2v) is 4.17. The quantitative estimate of drug-likeness (QED) is 0.663. The first-order valence-electron chi connectivity index (χ1n) is 6.29. The van der Waals surface area contributed by atoms with E-state index in [4.69, 9.17) is 4.74 Å². The summed E-state index contributed by atoms with van der Waals surface area (Å²) in [5.74, 6) is -0.755. The number of hydrogen-bond donors (Lipinski definition) is 0. The van der Waals surface area contributed by atoms with E-state index >= 15 is 0 Å². The normalized spacial score (nSPS) is 10.3. The Hall–Kier alpha value is -2.15. The van der Waals surface area contributed by atoms with Gasteiger partial charge in [0.25, 0.3) is 0 Å². The molecule has 0 bridgehead atoms. The van der Waals surface area contributed by atoms with Gasteiger partial charge in [-0.1, -0.05) is 0 Å². The highest BCUT2D eigenvalue weighted by atomic mass is 19.1. The van der Waals surface area contributed by atoms with Crippen molar-refractivity contribution in [1.82, 2.24) is 4.90 Å². The standard InChI is InChI=1S/C14H18FNO5/c1-19-13(17)9-16(10-14(18)20-2)7-8-21-12-5-3-11(15)4-6-12/h3-6H,7-10H2,1-2H3. The third-order valence-corrected chi connectivity index (χ3v) is 2.65. The molecule has 0 N–H and O–H groups in total. The molecule has 0 amide bonds. The molecule has 0 aliphatic carbocycles. The van der Waals surface area contributed by atoms with Crippen LogP contribution in [-0.2, 0) is 19.1 Å². The lowest BCUT2D eigenvalue weighted by atomic mass is 10.3. The molecule has 1 aromatic carbocycles. The van der Waals surface area contributed by atoms with Crippen LogP contribution in [0.1, 0.15) is 0 Å². The highest BCUT2D eigenvalue weighted by molar-refractivity contribution is 5.74. The Bertz CT molecular complexity index is 445. The van der Waals surface area contributed by atoms with E-state index in [0.29, 0.717) is 12.3 Å². The largest absolute Gasteiger partial charge is 0.492 e. The van der Waals surface area contributed by atoms with Gasteiger partial charge in [-0.2, -0.15) is 0 Å². The molecule has 0 saturated heterocycles. The van der Waals surface area contributed by atoms with Crippen LogP contribution >= 0.6 is 0 Å². The Labute approximate surface area is 122 Å². The predicted octanol–water partition coefficient (Wildman–Crippen LogP) is 0.852. The molecular formula is C14H18FNO5. The number of rotatable bonds is 8. The number of esters is 2. The average molecular weight is 299 g/mol. The van der Waals surface area contributed by atoms with Crippen LogP contribution < -0.4 is 4.74 Å². The van der Waals surface area contributed by atoms with Gasteiger partial charge >= 0.3 is 11.9 Å². The van der Waals surface area contributed by atoms with E-state index in [-0.39, 0.29) is 25.5 Å². The summed E-state index contributed by atoms with van der Waals surface area (Å²) in [5.41, 5.74) is 0. The molecule has 0 radical (unpaired) electrons. The molecule has 0 saturated carbocycles. The zero-order chi connectivity index (χ0) is 15.7. The Balaban J connectivity index is 2.45. The Morgan fingerprint density at radius 1 is 1.05 bits per heavy atom. The number of ether oxygens (including phenoxy) is 3. The minimum atomic E-state index is -0.458.